The van der Waals surface area contributed by atoms with Gasteiger partial charge in [0, 0.05) is 18.3 Å². The maximum Gasteiger partial charge on any atom is 0.224 e. The van der Waals surface area contributed by atoms with Crippen LogP contribution in [-0.4, -0.2) is 36.5 Å². The highest BCUT2D eigenvalue weighted by atomic mass is 32.2. The van der Waals surface area contributed by atoms with Crippen LogP contribution in [0, 0.1) is 11.8 Å². The fraction of sp³-hybridized carbons (Fsp3) is 0.909. The summed E-state index contributed by atoms with van der Waals surface area (Å²) < 4.78 is 0. The monoisotopic (exact) mass is 230 g/mol. The van der Waals surface area contributed by atoms with Crippen molar-refractivity contribution in [2.75, 3.05) is 24.6 Å². The summed E-state index contributed by atoms with van der Waals surface area (Å²) in [5.74, 6) is 2.98. The molecule has 0 radical (unpaired) electrons. The lowest BCUT2D eigenvalue weighted by Gasteiger charge is -2.18. The Morgan fingerprint density at radius 2 is 2.33 bits per heavy atom. The van der Waals surface area contributed by atoms with E-state index in [-0.39, 0.29) is 17.9 Å². The van der Waals surface area contributed by atoms with E-state index in [1.54, 1.807) is 0 Å². The third-order valence-electron chi connectivity index (χ3n) is 2.81. The molecule has 1 heterocycles. The Kier molecular flexibility index (Phi) is 5.47. The van der Waals surface area contributed by atoms with Gasteiger partial charge in [-0.25, -0.2) is 0 Å². The third-order valence-corrected chi connectivity index (χ3v) is 3.96. The summed E-state index contributed by atoms with van der Waals surface area (Å²) in [6.07, 6.45) is 0. The van der Waals surface area contributed by atoms with Gasteiger partial charge in [0.15, 0.2) is 0 Å². The van der Waals surface area contributed by atoms with Crippen LogP contribution in [0.15, 0.2) is 0 Å². The molecule has 0 aromatic heterocycles. The highest BCUT2D eigenvalue weighted by Crippen LogP contribution is 2.16. The molecule has 4 heteroatoms. The van der Waals surface area contributed by atoms with E-state index in [2.05, 4.69) is 31.4 Å². The Morgan fingerprint density at radius 3 is 2.87 bits per heavy atom. The summed E-state index contributed by atoms with van der Waals surface area (Å²) in [6, 6.07) is 0.287. The Morgan fingerprint density at radius 1 is 1.60 bits per heavy atom. The molecule has 1 amide bonds. The van der Waals surface area contributed by atoms with Crippen LogP contribution >= 0.6 is 11.8 Å². The number of rotatable bonds is 5. The van der Waals surface area contributed by atoms with Crippen molar-refractivity contribution in [3.05, 3.63) is 0 Å². The first kappa shape index (κ1) is 12.8. The molecule has 1 rings (SSSR count). The van der Waals surface area contributed by atoms with Gasteiger partial charge in [0.2, 0.25) is 5.91 Å². The van der Waals surface area contributed by atoms with Gasteiger partial charge in [0.05, 0.1) is 5.92 Å². The largest absolute Gasteiger partial charge is 0.353 e. The van der Waals surface area contributed by atoms with E-state index in [4.69, 9.17) is 0 Å². The molecule has 1 saturated heterocycles. The van der Waals surface area contributed by atoms with Crippen LogP contribution in [0.25, 0.3) is 0 Å². The molecule has 1 aliphatic rings. The van der Waals surface area contributed by atoms with Crippen molar-refractivity contribution in [1.29, 1.82) is 0 Å². The van der Waals surface area contributed by atoms with Crippen molar-refractivity contribution in [3.8, 4) is 0 Å². The van der Waals surface area contributed by atoms with Gasteiger partial charge in [-0.3, -0.25) is 4.79 Å². The average molecular weight is 230 g/mol. The maximum atomic E-state index is 11.9. The SMILES string of the molecule is CCSCC(C)NC(=O)[C@@H]1CNC[C@H]1C. The Balaban J connectivity index is 2.28. The van der Waals surface area contributed by atoms with Crippen LogP contribution in [-0.2, 0) is 4.79 Å². The zero-order valence-electron chi connectivity index (χ0n) is 9.88. The van der Waals surface area contributed by atoms with Gasteiger partial charge in [-0.15, -0.1) is 0 Å². The van der Waals surface area contributed by atoms with E-state index in [1.807, 2.05) is 11.8 Å². The van der Waals surface area contributed by atoms with Crippen molar-refractivity contribution in [2.24, 2.45) is 11.8 Å². The molecule has 0 saturated carbocycles. The van der Waals surface area contributed by atoms with E-state index in [1.165, 1.54) is 0 Å². The standard InChI is InChI=1S/C11H22N2OS/c1-4-15-7-9(3)13-11(14)10-6-12-5-8(10)2/h8-10,12H,4-7H2,1-3H3,(H,13,14)/t8-,9?,10-/m1/s1. The van der Waals surface area contributed by atoms with Crippen molar-refractivity contribution in [3.63, 3.8) is 0 Å². The van der Waals surface area contributed by atoms with Crippen LogP contribution in [0.5, 0.6) is 0 Å². The number of thioether (sulfide) groups is 1. The second-order valence-corrected chi connectivity index (χ2v) is 5.63. The summed E-state index contributed by atoms with van der Waals surface area (Å²) in [5, 5.41) is 6.34. The molecule has 2 N–H and O–H groups in total. The van der Waals surface area contributed by atoms with Gasteiger partial charge in [-0.1, -0.05) is 13.8 Å². The lowest BCUT2D eigenvalue weighted by molar-refractivity contribution is -0.125. The fourth-order valence-electron chi connectivity index (χ4n) is 1.85. The number of amides is 1. The summed E-state index contributed by atoms with van der Waals surface area (Å²) in [4.78, 5) is 11.9. The lowest BCUT2D eigenvalue weighted by Crippen LogP contribution is -2.40. The van der Waals surface area contributed by atoms with Gasteiger partial charge < -0.3 is 10.6 Å². The number of carbonyl (C=O) groups is 1. The molecule has 3 atom stereocenters. The molecule has 1 fully saturated rings. The average Bonchev–Trinajstić information content (AvgIpc) is 2.61. The molecule has 1 unspecified atom stereocenters. The number of carbonyl (C=O) groups excluding carboxylic acids is 1. The van der Waals surface area contributed by atoms with Crippen molar-refractivity contribution < 1.29 is 4.79 Å². The van der Waals surface area contributed by atoms with Crippen LogP contribution in [0.4, 0.5) is 0 Å². The summed E-state index contributed by atoms with van der Waals surface area (Å²) in [7, 11) is 0. The molecule has 0 aromatic rings. The van der Waals surface area contributed by atoms with Crippen molar-refractivity contribution >= 4 is 17.7 Å². The van der Waals surface area contributed by atoms with E-state index in [9.17, 15) is 4.79 Å². The Hall–Kier alpha value is -0.220. The Labute approximate surface area is 96.8 Å². The van der Waals surface area contributed by atoms with Crippen LogP contribution in [0.2, 0.25) is 0 Å². The normalized spacial score (nSPS) is 27.7. The van der Waals surface area contributed by atoms with Crippen molar-refractivity contribution in [2.45, 2.75) is 26.8 Å². The van der Waals surface area contributed by atoms with Crippen LogP contribution in [0.1, 0.15) is 20.8 Å². The highest BCUT2D eigenvalue weighted by Gasteiger charge is 2.29. The van der Waals surface area contributed by atoms with Crippen LogP contribution in [0.3, 0.4) is 0 Å². The minimum atomic E-state index is 0.166. The molecule has 0 aliphatic carbocycles. The minimum absolute atomic E-state index is 0.166. The quantitative estimate of drug-likeness (QED) is 0.743. The zero-order chi connectivity index (χ0) is 11.3. The number of hydrogen-bond donors (Lipinski definition) is 2. The minimum Gasteiger partial charge on any atom is -0.353 e. The molecule has 0 bridgehead atoms. The van der Waals surface area contributed by atoms with E-state index >= 15 is 0 Å². The smallest absolute Gasteiger partial charge is 0.224 e. The maximum absolute atomic E-state index is 11.9. The zero-order valence-corrected chi connectivity index (χ0v) is 10.7. The van der Waals surface area contributed by atoms with Crippen LogP contribution < -0.4 is 10.6 Å². The number of hydrogen-bond acceptors (Lipinski definition) is 3. The molecule has 0 spiro atoms. The molecule has 0 aromatic carbocycles. The fourth-order valence-corrected chi connectivity index (χ4v) is 2.52. The summed E-state index contributed by atoms with van der Waals surface area (Å²) >= 11 is 1.87. The first-order chi connectivity index (χ1) is 7.15. The van der Waals surface area contributed by atoms with Crippen molar-refractivity contribution in [1.82, 2.24) is 10.6 Å². The first-order valence-electron chi connectivity index (χ1n) is 5.74. The molecule has 15 heavy (non-hydrogen) atoms. The van der Waals surface area contributed by atoms with Gasteiger partial charge in [-0.2, -0.15) is 11.8 Å². The summed E-state index contributed by atoms with van der Waals surface area (Å²) in [6.45, 7) is 8.16. The second kappa shape index (κ2) is 6.38. The van der Waals surface area contributed by atoms with E-state index in [0.717, 1.165) is 24.6 Å². The van der Waals surface area contributed by atoms with Gasteiger partial charge in [0.1, 0.15) is 0 Å². The molecule has 1 aliphatic heterocycles. The predicted octanol–water partition coefficient (Wildman–Crippen LogP) is 1.10. The second-order valence-electron chi connectivity index (χ2n) is 4.31. The Bertz CT molecular complexity index is 211. The highest BCUT2D eigenvalue weighted by molar-refractivity contribution is 7.99. The third kappa shape index (κ3) is 4.03. The molecule has 88 valence electrons. The predicted molar refractivity (Wildman–Crippen MR) is 66.1 cm³/mol. The molecular formula is C11H22N2OS. The van der Waals surface area contributed by atoms with Gasteiger partial charge >= 0.3 is 0 Å². The van der Waals surface area contributed by atoms with E-state index < -0.39 is 0 Å². The lowest BCUT2D eigenvalue weighted by atomic mass is 9.97. The topological polar surface area (TPSA) is 41.1 Å². The van der Waals surface area contributed by atoms with E-state index in [0.29, 0.717) is 5.92 Å². The first-order valence-corrected chi connectivity index (χ1v) is 6.89. The summed E-state index contributed by atoms with van der Waals surface area (Å²) in [5.41, 5.74) is 0. The van der Waals surface area contributed by atoms with Gasteiger partial charge in [0.25, 0.3) is 0 Å². The molecular weight excluding hydrogens is 208 g/mol. The number of nitrogens with one attached hydrogen (secondary N) is 2. The van der Waals surface area contributed by atoms with Gasteiger partial charge in [-0.05, 0) is 25.1 Å². The molecule has 3 nitrogen and oxygen atoms in total.